The number of ether oxygens (including phenoxy) is 1. The van der Waals surface area contributed by atoms with Gasteiger partial charge in [-0.05, 0) is 36.6 Å². The van der Waals surface area contributed by atoms with Crippen LogP contribution in [0.2, 0.25) is 5.22 Å². The van der Waals surface area contributed by atoms with E-state index in [0.29, 0.717) is 11.1 Å². The number of hydrogen-bond donors (Lipinski definition) is 1. The smallest absolute Gasteiger partial charge is 0.193 e. The molecule has 1 aromatic heterocycles. The van der Waals surface area contributed by atoms with Crippen LogP contribution in [0, 0.1) is 5.92 Å². The van der Waals surface area contributed by atoms with E-state index in [0.717, 1.165) is 31.8 Å². The van der Waals surface area contributed by atoms with Crippen LogP contribution in [0.15, 0.2) is 16.5 Å². The second-order valence-corrected chi connectivity index (χ2v) is 4.02. The fourth-order valence-electron chi connectivity index (χ4n) is 1.79. The second kappa shape index (κ2) is 4.34. The summed E-state index contributed by atoms with van der Waals surface area (Å²) in [6.45, 7) is 1.57. The molecule has 0 radical (unpaired) electrons. The third-order valence-corrected chi connectivity index (χ3v) is 2.83. The predicted octanol–water partition coefficient (Wildman–Crippen LogP) is 2.36. The molecule has 0 aliphatic carbocycles. The standard InChI is InChI=1S/C10H14ClNO2/c11-9-4-3-8(14-9)10(12)7-2-1-5-13-6-7/h3-4,7,10H,1-2,5-6,12H2. The van der Waals surface area contributed by atoms with Gasteiger partial charge in [0, 0.05) is 12.5 Å². The minimum absolute atomic E-state index is 0.0946. The molecule has 2 N–H and O–H groups in total. The number of furan rings is 1. The summed E-state index contributed by atoms with van der Waals surface area (Å²) in [6.07, 6.45) is 2.17. The molecular weight excluding hydrogens is 202 g/mol. The van der Waals surface area contributed by atoms with E-state index in [-0.39, 0.29) is 6.04 Å². The van der Waals surface area contributed by atoms with E-state index in [1.165, 1.54) is 0 Å². The number of rotatable bonds is 2. The van der Waals surface area contributed by atoms with Gasteiger partial charge >= 0.3 is 0 Å². The summed E-state index contributed by atoms with van der Waals surface area (Å²) >= 11 is 5.69. The highest BCUT2D eigenvalue weighted by molar-refractivity contribution is 6.28. The molecule has 2 unspecified atom stereocenters. The van der Waals surface area contributed by atoms with Crippen molar-refractivity contribution in [2.24, 2.45) is 11.7 Å². The molecule has 0 saturated carbocycles. The topological polar surface area (TPSA) is 48.4 Å². The summed E-state index contributed by atoms with van der Waals surface area (Å²) in [5.41, 5.74) is 6.05. The van der Waals surface area contributed by atoms with Gasteiger partial charge in [0.15, 0.2) is 5.22 Å². The van der Waals surface area contributed by atoms with E-state index < -0.39 is 0 Å². The van der Waals surface area contributed by atoms with Crippen molar-refractivity contribution in [3.05, 3.63) is 23.1 Å². The van der Waals surface area contributed by atoms with Crippen molar-refractivity contribution in [3.8, 4) is 0 Å². The Balaban J connectivity index is 2.03. The molecule has 1 aliphatic rings. The quantitative estimate of drug-likeness (QED) is 0.824. The van der Waals surface area contributed by atoms with Crippen molar-refractivity contribution >= 4 is 11.6 Å². The molecule has 1 fully saturated rings. The van der Waals surface area contributed by atoms with E-state index >= 15 is 0 Å². The summed E-state index contributed by atoms with van der Waals surface area (Å²) in [5, 5.41) is 0.396. The molecule has 2 heterocycles. The van der Waals surface area contributed by atoms with Crippen molar-refractivity contribution in [2.45, 2.75) is 18.9 Å². The van der Waals surface area contributed by atoms with Crippen molar-refractivity contribution in [2.75, 3.05) is 13.2 Å². The van der Waals surface area contributed by atoms with Crippen molar-refractivity contribution < 1.29 is 9.15 Å². The second-order valence-electron chi connectivity index (χ2n) is 3.64. The zero-order chi connectivity index (χ0) is 9.97. The summed E-state index contributed by atoms with van der Waals surface area (Å²) in [4.78, 5) is 0. The third-order valence-electron chi connectivity index (χ3n) is 2.63. The fourth-order valence-corrected chi connectivity index (χ4v) is 1.94. The lowest BCUT2D eigenvalue weighted by atomic mass is 9.93. The van der Waals surface area contributed by atoms with Crippen LogP contribution in [0.1, 0.15) is 24.6 Å². The van der Waals surface area contributed by atoms with Crippen LogP contribution in [0.25, 0.3) is 0 Å². The molecule has 0 spiro atoms. The van der Waals surface area contributed by atoms with Crippen molar-refractivity contribution in [3.63, 3.8) is 0 Å². The van der Waals surface area contributed by atoms with Gasteiger partial charge in [0.2, 0.25) is 0 Å². The van der Waals surface area contributed by atoms with Crippen LogP contribution in [0.5, 0.6) is 0 Å². The highest BCUT2D eigenvalue weighted by atomic mass is 35.5. The van der Waals surface area contributed by atoms with Gasteiger partial charge in [-0.3, -0.25) is 0 Å². The first-order chi connectivity index (χ1) is 6.77. The lowest BCUT2D eigenvalue weighted by Crippen LogP contribution is -2.28. The highest BCUT2D eigenvalue weighted by Gasteiger charge is 2.24. The Morgan fingerprint density at radius 1 is 1.50 bits per heavy atom. The Morgan fingerprint density at radius 3 is 2.93 bits per heavy atom. The van der Waals surface area contributed by atoms with E-state index in [2.05, 4.69) is 0 Å². The Bertz CT molecular complexity index is 294. The minimum Gasteiger partial charge on any atom is -0.448 e. The molecule has 3 nitrogen and oxygen atoms in total. The number of halogens is 1. The molecule has 4 heteroatoms. The first-order valence-corrected chi connectivity index (χ1v) is 5.24. The molecule has 14 heavy (non-hydrogen) atoms. The predicted molar refractivity (Wildman–Crippen MR) is 54.2 cm³/mol. The van der Waals surface area contributed by atoms with Crippen LogP contribution >= 0.6 is 11.6 Å². The van der Waals surface area contributed by atoms with Crippen LogP contribution in [0.3, 0.4) is 0 Å². The first-order valence-electron chi connectivity index (χ1n) is 4.86. The maximum Gasteiger partial charge on any atom is 0.193 e. The average molecular weight is 216 g/mol. The SMILES string of the molecule is NC(c1ccc(Cl)o1)C1CCCOC1. The fraction of sp³-hybridized carbons (Fsp3) is 0.600. The van der Waals surface area contributed by atoms with Gasteiger partial charge in [0.25, 0.3) is 0 Å². The van der Waals surface area contributed by atoms with Gasteiger partial charge in [0.1, 0.15) is 5.76 Å². The monoisotopic (exact) mass is 215 g/mol. The first kappa shape index (κ1) is 10.0. The summed E-state index contributed by atoms with van der Waals surface area (Å²) in [7, 11) is 0. The maximum absolute atomic E-state index is 6.05. The summed E-state index contributed by atoms with van der Waals surface area (Å²) in [5.74, 6) is 1.11. The van der Waals surface area contributed by atoms with E-state index in [4.69, 9.17) is 26.5 Å². The van der Waals surface area contributed by atoms with Gasteiger partial charge in [-0.25, -0.2) is 0 Å². The van der Waals surface area contributed by atoms with Crippen LogP contribution in [-0.2, 0) is 4.74 Å². The normalized spacial score (nSPS) is 24.9. The lowest BCUT2D eigenvalue weighted by molar-refractivity contribution is 0.0419. The zero-order valence-corrected chi connectivity index (χ0v) is 8.67. The Hall–Kier alpha value is -0.510. The highest BCUT2D eigenvalue weighted by Crippen LogP contribution is 2.28. The third kappa shape index (κ3) is 2.11. The summed E-state index contributed by atoms with van der Waals surface area (Å²) in [6, 6.07) is 3.46. The van der Waals surface area contributed by atoms with Gasteiger partial charge in [-0.2, -0.15) is 0 Å². The van der Waals surface area contributed by atoms with Gasteiger partial charge < -0.3 is 14.9 Å². The van der Waals surface area contributed by atoms with Crippen LogP contribution < -0.4 is 5.73 Å². The molecule has 1 saturated heterocycles. The average Bonchev–Trinajstić information content (AvgIpc) is 2.65. The molecule has 1 aromatic rings. The van der Waals surface area contributed by atoms with Crippen LogP contribution in [0.4, 0.5) is 0 Å². The zero-order valence-electron chi connectivity index (χ0n) is 7.91. The molecule has 2 rings (SSSR count). The van der Waals surface area contributed by atoms with Crippen molar-refractivity contribution in [1.29, 1.82) is 0 Å². The van der Waals surface area contributed by atoms with Crippen LogP contribution in [-0.4, -0.2) is 13.2 Å². The molecule has 1 aliphatic heterocycles. The van der Waals surface area contributed by atoms with Gasteiger partial charge in [-0.15, -0.1) is 0 Å². The van der Waals surface area contributed by atoms with E-state index in [9.17, 15) is 0 Å². The number of nitrogens with two attached hydrogens (primary N) is 1. The minimum atomic E-state index is -0.0946. The molecule has 0 amide bonds. The van der Waals surface area contributed by atoms with E-state index in [1.54, 1.807) is 6.07 Å². The molecule has 2 atom stereocenters. The maximum atomic E-state index is 6.05. The van der Waals surface area contributed by atoms with E-state index in [1.807, 2.05) is 6.07 Å². The van der Waals surface area contributed by atoms with Gasteiger partial charge in [0.05, 0.1) is 12.6 Å². The molecular formula is C10H14ClNO2. The van der Waals surface area contributed by atoms with Gasteiger partial charge in [-0.1, -0.05) is 0 Å². The Labute approximate surface area is 88.2 Å². The molecule has 78 valence electrons. The molecule has 0 bridgehead atoms. The Morgan fingerprint density at radius 2 is 2.36 bits per heavy atom. The summed E-state index contributed by atoms with van der Waals surface area (Å²) < 4.78 is 10.7. The lowest BCUT2D eigenvalue weighted by Gasteiger charge is -2.26. The Kier molecular flexibility index (Phi) is 3.11. The molecule has 0 aromatic carbocycles. The number of hydrogen-bond acceptors (Lipinski definition) is 3. The largest absolute Gasteiger partial charge is 0.448 e. The van der Waals surface area contributed by atoms with Crippen molar-refractivity contribution in [1.82, 2.24) is 0 Å².